The number of carbonyl (C=O) groups is 1. The summed E-state index contributed by atoms with van der Waals surface area (Å²) >= 11 is 9.44. The fourth-order valence-electron chi connectivity index (χ4n) is 0.0841. The predicted molar refractivity (Wildman–Crippen MR) is 39.9 cm³/mol. The average molecular weight is 167 g/mol. The van der Waals surface area contributed by atoms with E-state index < -0.39 is 10.7 Å². The van der Waals surface area contributed by atoms with E-state index >= 15 is 0 Å². The second kappa shape index (κ2) is 2.62. The highest BCUT2D eigenvalue weighted by Gasteiger charge is 2.30. The molecule has 0 bridgehead atoms. The summed E-state index contributed by atoms with van der Waals surface area (Å²) in [6.45, 7) is 2.93. The summed E-state index contributed by atoms with van der Waals surface area (Å²) in [6.07, 6.45) is 0. The van der Waals surface area contributed by atoms with Crippen LogP contribution in [-0.2, 0) is 4.79 Å². The second-order valence-electron chi connectivity index (χ2n) is 2.20. The SMILES string of the molecule is CC(C)(C(=O)Cl)C(O)=S. The van der Waals surface area contributed by atoms with Gasteiger partial charge in [-0.05, 0) is 37.7 Å². The predicted octanol–water partition coefficient (Wildman–Crippen LogP) is 1.66. The van der Waals surface area contributed by atoms with Gasteiger partial charge in [-0.2, -0.15) is 0 Å². The number of hydrogen-bond donors (Lipinski definition) is 1. The molecular weight excluding hydrogens is 160 g/mol. The van der Waals surface area contributed by atoms with E-state index in [4.69, 9.17) is 16.7 Å². The van der Waals surface area contributed by atoms with E-state index in [0.29, 0.717) is 0 Å². The third kappa shape index (κ3) is 1.91. The number of thiocarbonyl (C=S) groups is 1. The molecular formula is C5H7ClO2S. The van der Waals surface area contributed by atoms with Crippen LogP contribution in [0.25, 0.3) is 0 Å². The lowest BCUT2D eigenvalue weighted by Gasteiger charge is -2.14. The molecule has 0 heterocycles. The molecule has 0 aromatic rings. The van der Waals surface area contributed by atoms with E-state index in [2.05, 4.69) is 12.2 Å². The van der Waals surface area contributed by atoms with E-state index in [1.807, 2.05) is 0 Å². The third-order valence-electron chi connectivity index (χ3n) is 1.03. The first-order chi connectivity index (χ1) is 3.89. The van der Waals surface area contributed by atoms with Crippen molar-refractivity contribution < 1.29 is 9.90 Å². The van der Waals surface area contributed by atoms with Gasteiger partial charge in [0.1, 0.15) is 5.41 Å². The molecule has 4 heteroatoms. The largest absolute Gasteiger partial charge is 0.501 e. The lowest BCUT2D eigenvalue weighted by atomic mass is 9.97. The summed E-state index contributed by atoms with van der Waals surface area (Å²) in [6, 6.07) is 0. The molecule has 0 aromatic carbocycles. The van der Waals surface area contributed by atoms with Crippen molar-refractivity contribution in [3.05, 3.63) is 0 Å². The number of rotatable bonds is 2. The Morgan fingerprint density at radius 3 is 2.00 bits per heavy atom. The van der Waals surface area contributed by atoms with Crippen LogP contribution in [0.1, 0.15) is 13.8 Å². The minimum absolute atomic E-state index is 0.373. The van der Waals surface area contributed by atoms with Gasteiger partial charge in [-0.3, -0.25) is 4.79 Å². The lowest BCUT2D eigenvalue weighted by Crippen LogP contribution is -2.28. The van der Waals surface area contributed by atoms with E-state index in [1.165, 1.54) is 13.8 Å². The van der Waals surface area contributed by atoms with Gasteiger partial charge in [0.05, 0.1) is 0 Å². The van der Waals surface area contributed by atoms with Crippen LogP contribution in [0.2, 0.25) is 0 Å². The maximum Gasteiger partial charge on any atom is 0.235 e. The Balaban J connectivity index is 4.38. The van der Waals surface area contributed by atoms with Crippen molar-refractivity contribution in [1.29, 1.82) is 0 Å². The summed E-state index contributed by atoms with van der Waals surface area (Å²) in [5.74, 6) is 0. The van der Waals surface area contributed by atoms with Gasteiger partial charge in [0, 0.05) is 0 Å². The van der Waals surface area contributed by atoms with Gasteiger partial charge in [-0.15, -0.1) is 0 Å². The van der Waals surface area contributed by atoms with Crippen molar-refractivity contribution >= 4 is 34.1 Å². The van der Waals surface area contributed by atoms with Crippen molar-refractivity contribution in [2.24, 2.45) is 5.41 Å². The Hall–Kier alpha value is -0.150. The molecule has 0 aliphatic heterocycles. The van der Waals surface area contributed by atoms with Crippen LogP contribution in [0.5, 0.6) is 0 Å². The van der Waals surface area contributed by atoms with Crippen LogP contribution in [0.15, 0.2) is 0 Å². The van der Waals surface area contributed by atoms with Gasteiger partial charge in [0.15, 0.2) is 5.05 Å². The molecule has 0 rings (SSSR count). The molecule has 9 heavy (non-hydrogen) atoms. The molecule has 0 aliphatic rings. The second-order valence-corrected chi connectivity index (χ2v) is 2.93. The molecule has 0 unspecified atom stereocenters. The molecule has 0 amide bonds. The summed E-state index contributed by atoms with van der Waals surface area (Å²) in [5, 5.41) is 7.66. The molecule has 2 nitrogen and oxygen atoms in total. The molecule has 1 N–H and O–H groups in total. The number of aliphatic hydroxyl groups excluding tert-OH is 1. The molecule has 0 atom stereocenters. The van der Waals surface area contributed by atoms with Gasteiger partial charge in [-0.25, -0.2) is 0 Å². The van der Waals surface area contributed by atoms with E-state index in [1.54, 1.807) is 0 Å². The van der Waals surface area contributed by atoms with Crippen molar-refractivity contribution in [1.82, 2.24) is 0 Å². The highest BCUT2D eigenvalue weighted by molar-refractivity contribution is 7.80. The lowest BCUT2D eigenvalue weighted by molar-refractivity contribution is -0.116. The van der Waals surface area contributed by atoms with Crippen LogP contribution >= 0.6 is 23.8 Å². The fraction of sp³-hybridized carbons (Fsp3) is 0.600. The minimum Gasteiger partial charge on any atom is -0.501 e. The van der Waals surface area contributed by atoms with E-state index in [9.17, 15) is 4.79 Å². The zero-order valence-corrected chi connectivity index (χ0v) is 6.71. The minimum atomic E-state index is -1.09. The molecule has 0 spiro atoms. The van der Waals surface area contributed by atoms with Crippen molar-refractivity contribution in [2.45, 2.75) is 13.8 Å². The van der Waals surface area contributed by atoms with Gasteiger partial charge in [0.2, 0.25) is 5.24 Å². The van der Waals surface area contributed by atoms with Gasteiger partial charge < -0.3 is 5.11 Å². The van der Waals surface area contributed by atoms with Gasteiger partial charge in [-0.1, -0.05) is 0 Å². The Bertz CT molecular complexity index is 137. The maximum atomic E-state index is 10.4. The number of aliphatic hydroxyl groups is 1. The van der Waals surface area contributed by atoms with Crippen LogP contribution in [-0.4, -0.2) is 15.4 Å². The van der Waals surface area contributed by atoms with Crippen molar-refractivity contribution in [3.8, 4) is 0 Å². The van der Waals surface area contributed by atoms with Crippen molar-refractivity contribution in [2.75, 3.05) is 0 Å². The van der Waals surface area contributed by atoms with Gasteiger partial charge >= 0.3 is 0 Å². The Labute approximate surface area is 63.8 Å². The van der Waals surface area contributed by atoms with E-state index in [0.717, 1.165) is 0 Å². The summed E-state index contributed by atoms with van der Waals surface area (Å²) in [5.41, 5.74) is -1.09. The first-order valence-electron chi connectivity index (χ1n) is 2.32. The summed E-state index contributed by atoms with van der Waals surface area (Å²) in [4.78, 5) is 10.4. The number of halogens is 1. The zero-order chi connectivity index (χ0) is 7.65. The fourth-order valence-corrected chi connectivity index (χ4v) is 0.322. The smallest absolute Gasteiger partial charge is 0.235 e. The summed E-state index contributed by atoms with van der Waals surface area (Å²) in [7, 11) is 0. The van der Waals surface area contributed by atoms with Crippen LogP contribution < -0.4 is 0 Å². The van der Waals surface area contributed by atoms with Gasteiger partial charge in [0.25, 0.3) is 0 Å². The molecule has 0 radical (unpaired) electrons. The highest BCUT2D eigenvalue weighted by Crippen LogP contribution is 2.19. The molecule has 0 aliphatic carbocycles. The molecule has 52 valence electrons. The topological polar surface area (TPSA) is 37.3 Å². The van der Waals surface area contributed by atoms with Crippen LogP contribution in [0.4, 0.5) is 0 Å². The average Bonchev–Trinajstić information content (AvgIpc) is 1.65. The summed E-state index contributed by atoms with van der Waals surface area (Å²) < 4.78 is 0. The third-order valence-corrected chi connectivity index (χ3v) is 2.01. The van der Waals surface area contributed by atoms with Crippen molar-refractivity contribution in [3.63, 3.8) is 0 Å². The number of hydrogen-bond acceptors (Lipinski definition) is 2. The highest BCUT2D eigenvalue weighted by atomic mass is 35.5. The Morgan fingerprint density at radius 2 is 2.00 bits per heavy atom. The standard InChI is InChI=1S/C5H7ClO2S/c1-5(2,3(6)7)4(8)9/h1-2H3,(H,8,9). The monoisotopic (exact) mass is 166 g/mol. The molecule has 0 fully saturated rings. The molecule has 0 aromatic heterocycles. The molecule has 0 saturated carbocycles. The maximum absolute atomic E-state index is 10.4. The number of carbonyl (C=O) groups excluding carboxylic acids is 1. The molecule has 0 saturated heterocycles. The zero-order valence-electron chi connectivity index (χ0n) is 5.14. The quantitative estimate of drug-likeness (QED) is 0.501. The van der Waals surface area contributed by atoms with E-state index in [-0.39, 0.29) is 5.05 Å². The Kier molecular flexibility index (Phi) is 2.58. The first-order valence-corrected chi connectivity index (χ1v) is 3.11. The van der Waals surface area contributed by atoms with Crippen LogP contribution in [0, 0.1) is 5.41 Å². The normalized spacial score (nSPS) is 11.0. The Morgan fingerprint density at radius 1 is 1.67 bits per heavy atom. The first kappa shape index (κ1) is 8.85. The van der Waals surface area contributed by atoms with Crippen LogP contribution in [0.3, 0.4) is 0 Å².